The number of carboxylic acid groups (broad SMARTS) is 1. The van der Waals surface area contributed by atoms with Crippen molar-refractivity contribution in [2.45, 2.75) is 37.6 Å². The third kappa shape index (κ3) is 3.46. The molecule has 30 heavy (non-hydrogen) atoms. The lowest BCUT2D eigenvalue weighted by atomic mass is 10.0. The Bertz CT molecular complexity index is 1000. The predicted molar refractivity (Wildman–Crippen MR) is 103 cm³/mol. The molecule has 5 rings (SSSR count). The lowest BCUT2D eigenvalue weighted by Crippen LogP contribution is -2.29. The fraction of sp³-hybridized carbons (Fsp3) is 0.476. The maximum absolute atomic E-state index is 14.2. The number of hydrogen-bond donors (Lipinski definition) is 2. The van der Waals surface area contributed by atoms with Crippen molar-refractivity contribution in [3.63, 3.8) is 0 Å². The summed E-state index contributed by atoms with van der Waals surface area (Å²) in [6, 6.07) is 3.27. The Labute approximate surface area is 171 Å². The van der Waals surface area contributed by atoms with Crippen LogP contribution in [0.5, 0.6) is 0 Å². The van der Waals surface area contributed by atoms with E-state index in [1.807, 2.05) is 0 Å². The highest BCUT2D eigenvalue weighted by Crippen LogP contribution is 2.45. The van der Waals surface area contributed by atoms with Gasteiger partial charge in [-0.3, -0.25) is 0 Å². The van der Waals surface area contributed by atoms with Gasteiger partial charge in [0.05, 0.1) is 5.69 Å². The molecule has 158 valence electrons. The number of nitrogens with zero attached hydrogens (tertiary/aromatic N) is 3. The molecule has 1 aliphatic heterocycles. The third-order valence-electron chi connectivity index (χ3n) is 6.47. The van der Waals surface area contributed by atoms with Gasteiger partial charge in [-0.15, -0.1) is 10.2 Å². The Kier molecular flexibility index (Phi) is 4.56. The fourth-order valence-electron chi connectivity index (χ4n) is 4.87. The zero-order valence-corrected chi connectivity index (χ0v) is 16.1. The number of carbonyl (C=O) groups is 1. The van der Waals surface area contributed by atoms with E-state index in [4.69, 9.17) is 5.11 Å². The van der Waals surface area contributed by atoms with E-state index in [1.54, 1.807) is 6.07 Å². The fourth-order valence-corrected chi connectivity index (χ4v) is 4.87. The van der Waals surface area contributed by atoms with Crippen molar-refractivity contribution in [2.24, 2.45) is 11.8 Å². The van der Waals surface area contributed by atoms with Crippen molar-refractivity contribution >= 4 is 11.9 Å². The summed E-state index contributed by atoms with van der Waals surface area (Å²) >= 11 is 0. The van der Waals surface area contributed by atoms with Crippen LogP contribution in [0.4, 0.5) is 23.8 Å². The molecule has 1 unspecified atom stereocenters. The Balaban J connectivity index is 1.37. The number of amides is 1. The van der Waals surface area contributed by atoms with E-state index in [0.29, 0.717) is 36.8 Å². The van der Waals surface area contributed by atoms with Crippen LogP contribution in [0, 0.1) is 29.3 Å². The number of halogens is 3. The standard InChI is InChI=1S/C21H21F3N4O2/c22-13-5-16(19(24)17(23)6-13)18-7-15(10-1-2-10)20(27-26-18)25-14-3-11-8-28(21(29)30)9-12(11)4-14/h5-7,10-12,14H,1-4,8-9H2,(H,25,27)(H,29,30)/t11-,12+,14?. The molecule has 0 radical (unpaired) electrons. The van der Waals surface area contributed by atoms with E-state index in [2.05, 4.69) is 15.5 Å². The minimum absolute atomic E-state index is 0.110. The van der Waals surface area contributed by atoms with Gasteiger partial charge >= 0.3 is 6.09 Å². The summed E-state index contributed by atoms with van der Waals surface area (Å²) in [6.07, 6.45) is 2.79. The lowest BCUT2D eigenvalue weighted by Gasteiger charge is -2.19. The molecular weight excluding hydrogens is 397 g/mol. The number of anilines is 1. The molecule has 1 saturated heterocycles. The van der Waals surface area contributed by atoms with Crippen LogP contribution in [-0.2, 0) is 0 Å². The molecule has 0 bridgehead atoms. The molecule has 9 heteroatoms. The van der Waals surface area contributed by atoms with Crippen LogP contribution in [0.3, 0.4) is 0 Å². The molecule has 2 aliphatic carbocycles. The second kappa shape index (κ2) is 7.14. The van der Waals surface area contributed by atoms with Crippen LogP contribution in [0.2, 0.25) is 0 Å². The SMILES string of the molecule is O=C(O)N1C[C@H]2CC(Nc3nnc(-c4cc(F)cc(F)c4F)cc3C3CC3)C[C@H]2C1. The van der Waals surface area contributed by atoms with Crippen LogP contribution < -0.4 is 5.32 Å². The molecule has 1 aromatic heterocycles. The van der Waals surface area contributed by atoms with Gasteiger partial charge in [-0.1, -0.05) is 0 Å². The molecule has 2 heterocycles. The molecule has 2 N–H and O–H groups in total. The predicted octanol–water partition coefficient (Wildman–Crippen LogP) is 4.24. The summed E-state index contributed by atoms with van der Waals surface area (Å²) in [6.45, 7) is 1.12. The second-order valence-electron chi connectivity index (χ2n) is 8.58. The molecule has 2 saturated carbocycles. The van der Waals surface area contributed by atoms with Gasteiger partial charge in [-0.2, -0.15) is 0 Å². The van der Waals surface area contributed by atoms with Crippen LogP contribution in [0.1, 0.15) is 37.2 Å². The molecule has 6 nitrogen and oxygen atoms in total. The smallest absolute Gasteiger partial charge is 0.407 e. The van der Waals surface area contributed by atoms with Gasteiger partial charge in [0, 0.05) is 36.3 Å². The minimum atomic E-state index is -1.25. The molecule has 1 aromatic carbocycles. The van der Waals surface area contributed by atoms with Gasteiger partial charge in [0.25, 0.3) is 0 Å². The van der Waals surface area contributed by atoms with E-state index in [-0.39, 0.29) is 23.2 Å². The first kappa shape index (κ1) is 19.1. The summed E-state index contributed by atoms with van der Waals surface area (Å²) < 4.78 is 41.4. The summed E-state index contributed by atoms with van der Waals surface area (Å²) in [4.78, 5) is 12.6. The van der Waals surface area contributed by atoms with E-state index in [1.165, 1.54) is 4.90 Å². The van der Waals surface area contributed by atoms with Gasteiger partial charge < -0.3 is 15.3 Å². The van der Waals surface area contributed by atoms with Gasteiger partial charge in [0.1, 0.15) is 5.82 Å². The summed E-state index contributed by atoms with van der Waals surface area (Å²) in [5.74, 6) is -1.70. The van der Waals surface area contributed by atoms with Crippen molar-refractivity contribution in [1.82, 2.24) is 15.1 Å². The lowest BCUT2D eigenvalue weighted by molar-refractivity contribution is 0.152. The molecule has 2 aromatic rings. The quantitative estimate of drug-likeness (QED) is 0.727. The van der Waals surface area contributed by atoms with Crippen molar-refractivity contribution in [1.29, 1.82) is 0 Å². The highest BCUT2D eigenvalue weighted by atomic mass is 19.2. The van der Waals surface area contributed by atoms with Crippen LogP contribution in [-0.4, -0.2) is 45.4 Å². The van der Waals surface area contributed by atoms with Crippen molar-refractivity contribution in [3.05, 3.63) is 41.2 Å². The zero-order valence-electron chi connectivity index (χ0n) is 16.1. The number of hydrogen-bond acceptors (Lipinski definition) is 4. The first-order valence-electron chi connectivity index (χ1n) is 10.2. The Morgan fingerprint density at radius 1 is 1.07 bits per heavy atom. The van der Waals surface area contributed by atoms with Crippen LogP contribution in [0.25, 0.3) is 11.3 Å². The Morgan fingerprint density at radius 2 is 1.77 bits per heavy atom. The second-order valence-corrected chi connectivity index (χ2v) is 8.58. The number of rotatable bonds is 4. The van der Waals surface area contributed by atoms with Gasteiger partial charge in [-0.25, -0.2) is 18.0 Å². The number of aromatic nitrogens is 2. The van der Waals surface area contributed by atoms with Crippen LogP contribution in [0.15, 0.2) is 18.2 Å². The summed E-state index contributed by atoms with van der Waals surface area (Å²) in [5.41, 5.74) is 0.754. The maximum atomic E-state index is 14.2. The molecular formula is C21H21F3N4O2. The maximum Gasteiger partial charge on any atom is 0.407 e. The average molecular weight is 418 g/mol. The van der Waals surface area contributed by atoms with E-state index in [9.17, 15) is 18.0 Å². The van der Waals surface area contributed by atoms with E-state index < -0.39 is 23.5 Å². The Morgan fingerprint density at radius 3 is 2.40 bits per heavy atom. The van der Waals surface area contributed by atoms with Gasteiger partial charge in [-0.05, 0) is 55.6 Å². The van der Waals surface area contributed by atoms with Crippen molar-refractivity contribution in [2.75, 3.05) is 18.4 Å². The number of likely N-dealkylation sites (tertiary alicyclic amines) is 1. The molecule has 1 amide bonds. The average Bonchev–Trinajstić information content (AvgIpc) is 3.36. The summed E-state index contributed by atoms with van der Waals surface area (Å²) in [5, 5.41) is 20.9. The number of fused-ring (bicyclic) bond motifs is 1. The molecule has 3 fully saturated rings. The topological polar surface area (TPSA) is 78.4 Å². The molecule has 3 atom stereocenters. The van der Waals surface area contributed by atoms with Crippen LogP contribution >= 0.6 is 0 Å². The normalized spacial score (nSPS) is 25.4. The molecule has 3 aliphatic rings. The minimum Gasteiger partial charge on any atom is -0.465 e. The zero-order chi connectivity index (χ0) is 21.0. The molecule has 0 spiro atoms. The highest BCUT2D eigenvalue weighted by Gasteiger charge is 2.43. The monoisotopic (exact) mass is 418 g/mol. The van der Waals surface area contributed by atoms with Crippen molar-refractivity contribution in [3.8, 4) is 11.3 Å². The number of nitrogens with one attached hydrogen (secondary N) is 1. The summed E-state index contributed by atoms with van der Waals surface area (Å²) in [7, 11) is 0. The highest BCUT2D eigenvalue weighted by molar-refractivity contribution is 5.66. The van der Waals surface area contributed by atoms with Gasteiger partial charge in [0.2, 0.25) is 0 Å². The Hall–Kier alpha value is -2.84. The van der Waals surface area contributed by atoms with E-state index >= 15 is 0 Å². The number of benzene rings is 1. The third-order valence-corrected chi connectivity index (χ3v) is 6.47. The largest absolute Gasteiger partial charge is 0.465 e. The first-order chi connectivity index (χ1) is 14.4. The van der Waals surface area contributed by atoms with Gasteiger partial charge in [0.15, 0.2) is 17.5 Å². The van der Waals surface area contributed by atoms with E-state index in [0.717, 1.165) is 37.3 Å². The van der Waals surface area contributed by atoms with Crippen molar-refractivity contribution < 1.29 is 23.1 Å². The first-order valence-corrected chi connectivity index (χ1v) is 10.2.